The quantitative estimate of drug-likeness (QED) is 0.587. The van der Waals surface area contributed by atoms with Crippen LogP contribution < -0.4 is 20.1 Å². The van der Waals surface area contributed by atoms with E-state index >= 15 is 0 Å². The van der Waals surface area contributed by atoms with Crippen LogP contribution in [0.5, 0.6) is 11.5 Å². The van der Waals surface area contributed by atoms with E-state index < -0.39 is 23.8 Å². The molecule has 0 fully saturated rings. The number of methoxy groups -OCH3 is 2. The second kappa shape index (κ2) is 9.93. The number of ether oxygens (including phenoxy) is 2. The molecule has 0 radical (unpaired) electrons. The molecule has 0 spiro atoms. The maximum Gasteiger partial charge on any atom is 0.325 e. The summed E-state index contributed by atoms with van der Waals surface area (Å²) in [4.78, 5) is 36.2. The summed E-state index contributed by atoms with van der Waals surface area (Å²) in [5.41, 5.74) is 0.837. The van der Waals surface area contributed by atoms with Crippen LogP contribution >= 0.6 is 0 Å². The molecule has 1 atom stereocenters. The van der Waals surface area contributed by atoms with Crippen molar-refractivity contribution in [1.29, 1.82) is 0 Å². The fraction of sp³-hybridized carbons (Fsp3) is 0.190. The van der Waals surface area contributed by atoms with Crippen molar-refractivity contribution in [2.45, 2.75) is 13.0 Å². The Morgan fingerprint density at radius 1 is 0.931 bits per heavy atom. The first-order valence-corrected chi connectivity index (χ1v) is 8.69. The summed E-state index contributed by atoms with van der Waals surface area (Å²) in [5.74, 6) is -1.22. The van der Waals surface area contributed by atoms with Crippen molar-refractivity contribution >= 4 is 23.9 Å². The Hall–Kier alpha value is -3.81. The highest BCUT2D eigenvalue weighted by atomic mass is 16.5. The second-order valence-electron chi connectivity index (χ2n) is 6.05. The number of nitrogens with one attached hydrogen (secondary N) is 2. The standard InChI is InChI=1S/C21H22N2O6/c1-13(21(26)27)22-20(25)18(12-14-4-8-16(28-2)9-5-14)23-19(24)15-6-10-17(29-3)11-7-15/h4-13H,1-3H3,(H,22,25)(H,23,24)(H,26,27)/b18-12-/t13-/m1/s1. The van der Waals surface area contributed by atoms with Gasteiger partial charge in [0.2, 0.25) is 0 Å². The Morgan fingerprint density at radius 3 is 1.93 bits per heavy atom. The number of amides is 2. The van der Waals surface area contributed by atoms with E-state index in [1.165, 1.54) is 27.2 Å². The number of carbonyl (C=O) groups is 3. The van der Waals surface area contributed by atoms with Gasteiger partial charge in [-0.2, -0.15) is 0 Å². The molecule has 2 aromatic rings. The van der Waals surface area contributed by atoms with Gasteiger partial charge in [-0.1, -0.05) is 12.1 Å². The van der Waals surface area contributed by atoms with Gasteiger partial charge in [0, 0.05) is 5.56 Å². The first-order valence-electron chi connectivity index (χ1n) is 8.69. The lowest BCUT2D eigenvalue weighted by atomic mass is 10.1. The van der Waals surface area contributed by atoms with E-state index in [0.717, 1.165) is 0 Å². The van der Waals surface area contributed by atoms with Crippen molar-refractivity contribution in [3.63, 3.8) is 0 Å². The van der Waals surface area contributed by atoms with Gasteiger partial charge in [-0.25, -0.2) is 0 Å². The van der Waals surface area contributed by atoms with Crippen LogP contribution in [-0.2, 0) is 9.59 Å². The van der Waals surface area contributed by atoms with Crippen LogP contribution in [-0.4, -0.2) is 43.2 Å². The third-order valence-corrected chi connectivity index (χ3v) is 3.99. The maximum absolute atomic E-state index is 12.6. The number of carbonyl (C=O) groups excluding carboxylic acids is 2. The van der Waals surface area contributed by atoms with E-state index in [2.05, 4.69) is 10.6 Å². The number of carboxylic acid groups (broad SMARTS) is 1. The number of benzene rings is 2. The highest BCUT2D eigenvalue weighted by molar-refractivity contribution is 6.06. The molecule has 0 saturated heterocycles. The highest BCUT2D eigenvalue weighted by Crippen LogP contribution is 2.15. The fourth-order valence-electron chi connectivity index (χ4n) is 2.30. The molecule has 0 unspecified atom stereocenters. The number of rotatable bonds is 8. The number of hydrogen-bond acceptors (Lipinski definition) is 5. The van der Waals surface area contributed by atoms with Crippen LogP contribution in [0.15, 0.2) is 54.2 Å². The molecule has 0 saturated carbocycles. The molecule has 2 amide bonds. The molecule has 3 N–H and O–H groups in total. The molecule has 0 aromatic heterocycles. The lowest BCUT2D eigenvalue weighted by molar-refractivity contribution is -0.140. The van der Waals surface area contributed by atoms with Gasteiger partial charge in [0.1, 0.15) is 23.2 Å². The second-order valence-corrected chi connectivity index (χ2v) is 6.05. The minimum atomic E-state index is -1.19. The maximum atomic E-state index is 12.6. The van der Waals surface area contributed by atoms with Crippen LogP contribution in [0, 0.1) is 0 Å². The fourth-order valence-corrected chi connectivity index (χ4v) is 2.30. The van der Waals surface area contributed by atoms with Crippen molar-refractivity contribution in [2.75, 3.05) is 14.2 Å². The Bertz CT molecular complexity index is 904. The van der Waals surface area contributed by atoms with E-state index in [1.54, 1.807) is 48.5 Å². The summed E-state index contributed by atoms with van der Waals surface area (Å²) in [6, 6.07) is 12.0. The smallest absolute Gasteiger partial charge is 0.325 e. The number of hydrogen-bond donors (Lipinski definition) is 3. The Morgan fingerprint density at radius 2 is 1.45 bits per heavy atom. The van der Waals surface area contributed by atoms with Crippen LogP contribution in [0.2, 0.25) is 0 Å². The van der Waals surface area contributed by atoms with Crippen molar-refractivity contribution in [3.05, 3.63) is 65.4 Å². The first kappa shape index (κ1) is 21.5. The van der Waals surface area contributed by atoms with Crippen LogP contribution in [0.1, 0.15) is 22.8 Å². The molecular weight excluding hydrogens is 376 g/mol. The Labute approximate surface area is 168 Å². The lowest BCUT2D eigenvalue weighted by Crippen LogP contribution is -2.42. The minimum absolute atomic E-state index is 0.0934. The van der Waals surface area contributed by atoms with Gasteiger partial charge in [0.05, 0.1) is 14.2 Å². The summed E-state index contributed by atoms with van der Waals surface area (Å²) in [5, 5.41) is 13.9. The van der Waals surface area contributed by atoms with Gasteiger partial charge in [0.25, 0.3) is 11.8 Å². The van der Waals surface area contributed by atoms with Gasteiger partial charge in [0.15, 0.2) is 0 Å². The van der Waals surface area contributed by atoms with E-state index in [9.17, 15) is 14.4 Å². The summed E-state index contributed by atoms with van der Waals surface area (Å²) in [7, 11) is 3.05. The third-order valence-electron chi connectivity index (χ3n) is 3.99. The lowest BCUT2D eigenvalue weighted by Gasteiger charge is -2.14. The molecule has 2 rings (SSSR count). The summed E-state index contributed by atoms with van der Waals surface area (Å²) < 4.78 is 10.2. The SMILES string of the molecule is COc1ccc(/C=C(\NC(=O)c2ccc(OC)cc2)C(=O)N[C@H](C)C(=O)O)cc1. The number of carboxylic acids is 1. The monoisotopic (exact) mass is 398 g/mol. The molecule has 0 aliphatic heterocycles. The minimum Gasteiger partial charge on any atom is -0.497 e. The summed E-state index contributed by atoms with van der Waals surface area (Å²) in [6.07, 6.45) is 1.45. The third kappa shape index (κ3) is 6.10. The Kier molecular flexibility index (Phi) is 7.36. The van der Waals surface area contributed by atoms with Crippen molar-refractivity contribution in [3.8, 4) is 11.5 Å². The van der Waals surface area contributed by atoms with E-state index in [1.807, 2.05) is 0 Å². The van der Waals surface area contributed by atoms with Crippen molar-refractivity contribution < 1.29 is 29.0 Å². The van der Waals surface area contributed by atoms with Gasteiger partial charge >= 0.3 is 5.97 Å². The van der Waals surface area contributed by atoms with Gasteiger partial charge < -0.3 is 25.2 Å². The molecular formula is C21H22N2O6. The largest absolute Gasteiger partial charge is 0.497 e. The first-order chi connectivity index (χ1) is 13.8. The van der Waals surface area contributed by atoms with Gasteiger partial charge in [-0.3, -0.25) is 14.4 Å². The van der Waals surface area contributed by atoms with Gasteiger partial charge in [-0.15, -0.1) is 0 Å². The van der Waals surface area contributed by atoms with Gasteiger partial charge in [-0.05, 0) is 55.0 Å². The zero-order chi connectivity index (χ0) is 21.4. The molecule has 0 aliphatic rings. The molecule has 0 bridgehead atoms. The van der Waals surface area contributed by atoms with Crippen LogP contribution in [0.25, 0.3) is 6.08 Å². The van der Waals surface area contributed by atoms with Crippen LogP contribution in [0.3, 0.4) is 0 Å². The molecule has 29 heavy (non-hydrogen) atoms. The van der Waals surface area contributed by atoms with E-state index in [0.29, 0.717) is 22.6 Å². The average Bonchev–Trinajstić information content (AvgIpc) is 2.73. The summed E-state index contributed by atoms with van der Waals surface area (Å²) in [6.45, 7) is 1.33. The van der Waals surface area contributed by atoms with E-state index in [-0.39, 0.29) is 5.70 Å². The zero-order valence-corrected chi connectivity index (χ0v) is 16.3. The molecule has 0 aliphatic carbocycles. The number of aliphatic carboxylic acids is 1. The van der Waals surface area contributed by atoms with Crippen LogP contribution in [0.4, 0.5) is 0 Å². The van der Waals surface area contributed by atoms with Crippen molar-refractivity contribution in [1.82, 2.24) is 10.6 Å². The topological polar surface area (TPSA) is 114 Å². The Balaban J connectivity index is 2.29. The predicted octanol–water partition coefficient (Wildman–Crippen LogP) is 2.06. The molecule has 2 aromatic carbocycles. The molecule has 0 heterocycles. The summed E-state index contributed by atoms with van der Waals surface area (Å²) >= 11 is 0. The van der Waals surface area contributed by atoms with Crippen molar-refractivity contribution in [2.24, 2.45) is 0 Å². The molecule has 8 heteroatoms. The normalized spacial score (nSPS) is 11.9. The average molecular weight is 398 g/mol. The molecule has 8 nitrogen and oxygen atoms in total. The molecule has 152 valence electrons. The van der Waals surface area contributed by atoms with E-state index in [4.69, 9.17) is 14.6 Å². The highest BCUT2D eigenvalue weighted by Gasteiger charge is 2.19. The zero-order valence-electron chi connectivity index (χ0n) is 16.3. The predicted molar refractivity (Wildman–Crippen MR) is 107 cm³/mol.